The van der Waals surface area contributed by atoms with Gasteiger partial charge >= 0.3 is 0 Å². The Hall–Kier alpha value is -3.00. The third-order valence-electron chi connectivity index (χ3n) is 5.74. The summed E-state index contributed by atoms with van der Waals surface area (Å²) in [5.41, 5.74) is 4.15. The van der Waals surface area contributed by atoms with Crippen LogP contribution < -0.4 is 9.70 Å². The number of aryl methyl sites for hydroxylation is 3. The zero-order valence-corrected chi connectivity index (χ0v) is 18.2. The maximum absolute atomic E-state index is 12.8. The Balaban J connectivity index is 1.73. The summed E-state index contributed by atoms with van der Waals surface area (Å²) in [6, 6.07) is 8.87. The minimum absolute atomic E-state index is 0.0371. The van der Waals surface area contributed by atoms with Crippen LogP contribution in [0.4, 0.5) is 11.4 Å². The van der Waals surface area contributed by atoms with Gasteiger partial charge in [-0.15, -0.1) is 0 Å². The summed E-state index contributed by atoms with van der Waals surface area (Å²) in [4.78, 5) is 31.0. The maximum Gasteiger partial charge on any atom is 0.293 e. The smallest absolute Gasteiger partial charge is 0.293 e. The molecular weight excluding hydrogens is 400 g/mol. The largest absolute Gasteiger partial charge is 0.366 e. The summed E-state index contributed by atoms with van der Waals surface area (Å²) in [7, 11) is 1.88. The number of nitro groups is 1. The van der Waals surface area contributed by atoms with E-state index in [1.54, 1.807) is 12.1 Å². The lowest BCUT2D eigenvalue weighted by atomic mass is 10.1. The second-order valence-corrected chi connectivity index (χ2v) is 8.78. The molecule has 1 aliphatic rings. The molecule has 0 aliphatic carbocycles. The van der Waals surface area contributed by atoms with Gasteiger partial charge in [0.2, 0.25) is 0 Å². The van der Waals surface area contributed by atoms with Crippen LogP contribution in [0.15, 0.2) is 35.3 Å². The minimum Gasteiger partial charge on any atom is -0.366 e. The number of nitrogens with zero attached hydrogens (tertiary/aromatic N) is 4. The molecular formula is C22H24N4O3S. The second kappa shape index (κ2) is 8.02. The van der Waals surface area contributed by atoms with Gasteiger partial charge in [-0.25, -0.2) is 0 Å². The molecule has 7 nitrogen and oxygen atoms in total. The number of fused-ring (bicyclic) bond motifs is 1. The summed E-state index contributed by atoms with van der Waals surface area (Å²) in [5, 5.41) is 11.7. The molecule has 3 aromatic rings. The third kappa shape index (κ3) is 3.75. The number of rotatable bonds is 3. The van der Waals surface area contributed by atoms with Crippen molar-refractivity contribution in [2.45, 2.75) is 33.1 Å². The zero-order valence-electron chi connectivity index (χ0n) is 17.3. The summed E-state index contributed by atoms with van der Waals surface area (Å²) in [5.74, 6) is -0.473. The summed E-state index contributed by atoms with van der Waals surface area (Å²) in [6.07, 6.45) is 3.19. The summed E-state index contributed by atoms with van der Waals surface area (Å²) in [6.45, 7) is 5.71. The molecule has 0 radical (unpaired) electrons. The number of anilines is 1. The van der Waals surface area contributed by atoms with E-state index in [-0.39, 0.29) is 11.3 Å². The van der Waals surface area contributed by atoms with Crippen molar-refractivity contribution in [3.05, 3.63) is 61.9 Å². The normalized spacial score (nSPS) is 15.0. The van der Waals surface area contributed by atoms with Crippen LogP contribution in [-0.4, -0.2) is 28.5 Å². The molecule has 8 heteroatoms. The van der Waals surface area contributed by atoms with E-state index in [4.69, 9.17) is 0 Å². The number of amides is 1. The van der Waals surface area contributed by atoms with Crippen LogP contribution in [0.5, 0.6) is 0 Å². The van der Waals surface area contributed by atoms with E-state index in [9.17, 15) is 14.9 Å². The van der Waals surface area contributed by atoms with Gasteiger partial charge in [0.15, 0.2) is 4.80 Å². The Bertz CT molecular complexity index is 1220. The molecule has 156 valence electrons. The Morgan fingerprint density at radius 1 is 1.10 bits per heavy atom. The number of hydrogen-bond acceptors (Lipinski definition) is 5. The molecule has 0 bridgehead atoms. The highest BCUT2D eigenvalue weighted by atomic mass is 32.1. The van der Waals surface area contributed by atoms with Crippen molar-refractivity contribution in [3.63, 3.8) is 0 Å². The van der Waals surface area contributed by atoms with E-state index in [0.29, 0.717) is 10.5 Å². The van der Waals surface area contributed by atoms with E-state index in [1.165, 1.54) is 28.5 Å². The fourth-order valence-electron chi connectivity index (χ4n) is 3.84. The highest BCUT2D eigenvalue weighted by molar-refractivity contribution is 7.16. The molecule has 1 aromatic heterocycles. The van der Waals surface area contributed by atoms with E-state index < -0.39 is 10.8 Å². The fourth-order valence-corrected chi connectivity index (χ4v) is 4.94. The Labute approximate surface area is 178 Å². The number of carbonyl (C=O) groups is 1. The number of thiazole rings is 1. The van der Waals surface area contributed by atoms with Crippen molar-refractivity contribution in [2.75, 3.05) is 18.0 Å². The zero-order chi connectivity index (χ0) is 21.4. The average molecular weight is 425 g/mol. The van der Waals surface area contributed by atoms with Gasteiger partial charge in [-0.1, -0.05) is 11.3 Å². The first kappa shape index (κ1) is 20.3. The predicted octanol–water partition coefficient (Wildman–Crippen LogP) is 4.50. The van der Waals surface area contributed by atoms with Crippen LogP contribution in [0.2, 0.25) is 0 Å². The second-order valence-electron chi connectivity index (χ2n) is 7.77. The summed E-state index contributed by atoms with van der Waals surface area (Å²) < 4.78 is 2.94. The number of nitro benzene ring substituents is 1. The van der Waals surface area contributed by atoms with Crippen molar-refractivity contribution < 1.29 is 9.72 Å². The van der Waals surface area contributed by atoms with Crippen LogP contribution in [0.25, 0.3) is 10.2 Å². The quantitative estimate of drug-likeness (QED) is 0.458. The SMILES string of the molecule is Cc1cc2sc(=NC(=O)c3ccc(N4CCCCC4)c([N+](=O)[O-])c3)n(C)c2cc1C. The molecule has 30 heavy (non-hydrogen) atoms. The van der Waals surface area contributed by atoms with Crippen molar-refractivity contribution in [2.24, 2.45) is 12.0 Å². The number of benzene rings is 2. The lowest BCUT2D eigenvalue weighted by Crippen LogP contribution is -2.30. The van der Waals surface area contributed by atoms with Gasteiger partial charge in [-0.05, 0) is 68.5 Å². The molecule has 0 spiro atoms. The minimum atomic E-state index is -0.473. The maximum atomic E-state index is 12.8. The molecule has 0 unspecified atom stereocenters. The first-order chi connectivity index (χ1) is 14.3. The highest BCUT2D eigenvalue weighted by Crippen LogP contribution is 2.31. The summed E-state index contributed by atoms with van der Waals surface area (Å²) >= 11 is 1.44. The number of aromatic nitrogens is 1. The van der Waals surface area contributed by atoms with Gasteiger partial charge in [0.1, 0.15) is 5.69 Å². The predicted molar refractivity (Wildman–Crippen MR) is 119 cm³/mol. The Morgan fingerprint density at radius 2 is 1.80 bits per heavy atom. The van der Waals surface area contributed by atoms with Crippen molar-refractivity contribution in [1.82, 2.24) is 4.57 Å². The monoisotopic (exact) mass is 424 g/mol. The van der Waals surface area contributed by atoms with Crippen LogP contribution in [0.3, 0.4) is 0 Å². The number of piperidine rings is 1. The van der Waals surface area contributed by atoms with Gasteiger partial charge in [0, 0.05) is 31.8 Å². The first-order valence-electron chi connectivity index (χ1n) is 10.0. The molecule has 2 aromatic carbocycles. The van der Waals surface area contributed by atoms with E-state index in [1.807, 2.05) is 16.5 Å². The molecule has 0 N–H and O–H groups in total. The fraction of sp³-hybridized carbons (Fsp3) is 0.364. The first-order valence-corrected chi connectivity index (χ1v) is 10.9. The van der Waals surface area contributed by atoms with E-state index in [0.717, 1.165) is 42.6 Å². The van der Waals surface area contributed by atoms with Crippen LogP contribution in [-0.2, 0) is 7.05 Å². The third-order valence-corrected chi connectivity index (χ3v) is 6.83. The molecule has 2 heterocycles. The topological polar surface area (TPSA) is 80.7 Å². The molecule has 0 atom stereocenters. The van der Waals surface area contributed by atoms with Gasteiger partial charge in [-0.2, -0.15) is 4.99 Å². The van der Waals surface area contributed by atoms with Gasteiger partial charge in [0.05, 0.1) is 15.1 Å². The Morgan fingerprint density at radius 3 is 2.50 bits per heavy atom. The van der Waals surface area contributed by atoms with Crippen LogP contribution >= 0.6 is 11.3 Å². The molecule has 4 rings (SSSR count). The highest BCUT2D eigenvalue weighted by Gasteiger charge is 2.23. The van der Waals surface area contributed by atoms with Crippen molar-refractivity contribution >= 4 is 38.8 Å². The Kier molecular flexibility index (Phi) is 5.42. The van der Waals surface area contributed by atoms with Gasteiger partial charge in [0.25, 0.3) is 11.6 Å². The number of hydrogen-bond donors (Lipinski definition) is 0. The van der Waals surface area contributed by atoms with Crippen molar-refractivity contribution in [3.8, 4) is 0 Å². The van der Waals surface area contributed by atoms with Gasteiger partial charge in [-0.3, -0.25) is 14.9 Å². The molecule has 1 amide bonds. The molecule has 1 fully saturated rings. The van der Waals surface area contributed by atoms with Gasteiger partial charge < -0.3 is 9.47 Å². The van der Waals surface area contributed by atoms with E-state index in [2.05, 4.69) is 31.0 Å². The molecule has 0 saturated carbocycles. The molecule has 1 aliphatic heterocycles. The number of carbonyl (C=O) groups excluding carboxylic acids is 1. The average Bonchev–Trinajstić information content (AvgIpc) is 3.03. The van der Waals surface area contributed by atoms with Crippen LogP contribution in [0, 0.1) is 24.0 Å². The lowest BCUT2D eigenvalue weighted by molar-refractivity contribution is -0.384. The van der Waals surface area contributed by atoms with E-state index >= 15 is 0 Å². The van der Waals surface area contributed by atoms with Crippen molar-refractivity contribution in [1.29, 1.82) is 0 Å². The lowest BCUT2D eigenvalue weighted by Gasteiger charge is -2.28. The standard InChI is InChI=1S/C22H24N4O3S/c1-14-11-19-20(12-15(14)2)30-22(24(19)3)23-21(27)16-7-8-17(18(13-16)26(28)29)25-9-5-4-6-10-25/h7-8,11-13H,4-6,9-10H2,1-3H3. The van der Waals surface area contributed by atoms with Crippen LogP contribution in [0.1, 0.15) is 40.7 Å². The molecule has 1 saturated heterocycles.